The van der Waals surface area contributed by atoms with Crippen LogP contribution < -0.4 is 23.9 Å². The van der Waals surface area contributed by atoms with Gasteiger partial charge in [-0.05, 0) is 55.8 Å². The number of carbonyl (C=O) groups excluding carboxylic acids is 1. The first kappa shape index (κ1) is 23.4. The molecule has 0 bridgehead atoms. The second-order valence-corrected chi connectivity index (χ2v) is 9.04. The Bertz CT molecular complexity index is 1100. The number of hydrogen-bond donors (Lipinski definition) is 1. The van der Waals surface area contributed by atoms with E-state index in [0.717, 1.165) is 16.1 Å². The first-order chi connectivity index (χ1) is 15.2. The fraction of sp³-hybridized carbons (Fsp3) is 0.364. The molecule has 0 aromatic heterocycles. The summed E-state index contributed by atoms with van der Waals surface area (Å²) in [6, 6.07) is 10.9. The highest BCUT2D eigenvalue weighted by molar-refractivity contribution is 7.92. The molecule has 0 saturated heterocycles. The molecule has 1 unspecified atom stereocenters. The molecule has 2 aromatic carbocycles. The molecule has 1 atom stereocenters. The van der Waals surface area contributed by atoms with Crippen molar-refractivity contribution in [1.29, 1.82) is 0 Å². The van der Waals surface area contributed by atoms with Gasteiger partial charge in [0, 0.05) is 5.56 Å². The van der Waals surface area contributed by atoms with Gasteiger partial charge in [-0.25, -0.2) is 13.8 Å². The molecule has 1 aliphatic rings. The fourth-order valence-corrected chi connectivity index (χ4v) is 4.50. The van der Waals surface area contributed by atoms with Gasteiger partial charge in [0.15, 0.2) is 11.5 Å². The van der Waals surface area contributed by atoms with Crippen LogP contribution in [0.15, 0.2) is 47.6 Å². The summed E-state index contributed by atoms with van der Waals surface area (Å²) in [4.78, 5) is 12.8. The van der Waals surface area contributed by atoms with Crippen LogP contribution in [0.2, 0.25) is 0 Å². The molecule has 0 radical (unpaired) electrons. The van der Waals surface area contributed by atoms with Gasteiger partial charge in [0.2, 0.25) is 10.0 Å². The van der Waals surface area contributed by atoms with E-state index >= 15 is 0 Å². The zero-order valence-electron chi connectivity index (χ0n) is 18.5. The molecule has 2 aromatic rings. The van der Waals surface area contributed by atoms with E-state index in [4.69, 9.17) is 14.2 Å². The zero-order valence-corrected chi connectivity index (χ0v) is 19.3. The monoisotopic (exact) mass is 461 g/mol. The Balaban J connectivity index is 1.80. The molecule has 0 fully saturated rings. The number of methoxy groups -OCH3 is 1. The SMILES string of the molecule is CC/C(=N\NC(=O)C(C)N(c1ccc(OC)cc1)S(C)(=O)=O)c1ccc2c(c1)OCCO2. The van der Waals surface area contributed by atoms with Crippen molar-refractivity contribution in [1.82, 2.24) is 5.43 Å². The molecule has 32 heavy (non-hydrogen) atoms. The third-order valence-electron chi connectivity index (χ3n) is 4.93. The number of nitrogens with zero attached hydrogens (tertiary/aromatic N) is 2. The van der Waals surface area contributed by atoms with Gasteiger partial charge in [-0.15, -0.1) is 0 Å². The van der Waals surface area contributed by atoms with Crippen molar-refractivity contribution in [3.8, 4) is 17.2 Å². The Morgan fingerprint density at radius 3 is 2.41 bits per heavy atom. The van der Waals surface area contributed by atoms with Crippen molar-refractivity contribution in [2.45, 2.75) is 26.3 Å². The van der Waals surface area contributed by atoms with Crippen molar-refractivity contribution in [2.24, 2.45) is 5.10 Å². The Kier molecular flexibility index (Phi) is 7.24. The summed E-state index contributed by atoms with van der Waals surface area (Å²) in [5.74, 6) is 1.31. The normalized spacial score (nSPS) is 14.4. The molecular weight excluding hydrogens is 434 g/mol. The van der Waals surface area contributed by atoms with Gasteiger partial charge in [0.25, 0.3) is 5.91 Å². The highest BCUT2D eigenvalue weighted by Gasteiger charge is 2.29. The number of carbonyl (C=O) groups is 1. The summed E-state index contributed by atoms with van der Waals surface area (Å²) in [7, 11) is -2.22. The first-order valence-corrected chi connectivity index (χ1v) is 12.0. The summed E-state index contributed by atoms with van der Waals surface area (Å²) < 4.78 is 42.2. The minimum Gasteiger partial charge on any atom is -0.497 e. The van der Waals surface area contributed by atoms with Gasteiger partial charge >= 0.3 is 0 Å². The van der Waals surface area contributed by atoms with Gasteiger partial charge in [-0.3, -0.25) is 9.10 Å². The molecule has 0 aliphatic carbocycles. The highest BCUT2D eigenvalue weighted by atomic mass is 32.2. The smallest absolute Gasteiger partial charge is 0.263 e. The molecule has 10 heteroatoms. The Labute approximate surface area is 188 Å². The summed E-state index contributed by atoms with van der Waals surface area (Å²) >= 11 is 0. The van der Waals surface area contributed by atoms with Gasteiger partial charge in [0.1, 0.15) is 25.0 Å². The number of anilines is 1. The van der Waals surface area contributed by atoms with Gasteiger partial charge in [0.05, 0.1) is 24.8 Å². The van der Waals surface area contributed by atoms with E-state index < -0.39 is 22.0 Å². The lowest BCUT2D eigenvalue weighted by Crippen LogP contribution is -2.47. The lowest BCUT2D eigenvalue weighted by Gasteiger charge is -2.27. The van der Waals surface area contributed by atoms with Crippen LogP contribution in [0.4, 0.5) is 5.69 Å². The van der Waals surface area contributed by atoms with Crippen LogP contribution in [0.1, 0.15) is 25.8 Å². The number of benzene rings is 2. The number of hydrogen-bond acceptors (Lipinski definition) is 7. The molecule has 0 saturated carbocycles. The number of nitrogens with one attached hydrogen (secondary N) is 1. The van der Waals surface area contributed by atoms with Crippen LogP contribution in [0, 0.1) is 0 Å². The largest absolute Gasteiger partial charge is 0.497 e. The molecule has 1 N–H and O–H groups in total. The van der Waals surface area contributed by atoms with Crippen LogP contribution in [-0.2, 0) is 14.8 Å². The second kappa shape index (κ2) is 9.90. The number of amides is 1. The number of sulfonamides is 1. The Morgan fingerprint density at radius 1 is 1.16 bits per heavy atom. The predicted molar refractivity (Wildman–Crippen MR) is 122 cm³/mol. The topological polar surface area (TPSA) is 107 Å². The number of ether oxygens (including phenoxy) is 3. The molecule has 1 aliphatic heterocycles. The molecule has 9 nitrogen and oxygen atoms in total. The predicted octanol–water partition coefficient (Wildman–Crippen LogP) is 2.55. The summed E-state index contributed by atoms with van der Waals surface area (Å²) in [5, 5.41) is 4.25. The third-order valence-corrected chi connectivity index (χ3v) is 6.17. The maximum Gasteiger partial charge on any atom is 0.263 e. The van der Waals surface area contributed by atoms with Crippen LogP contribution in [0.5, 0.6) is 17.2 Å². The lowest BCUT2D eigenvalue weighted by atomic mass is 10.1. The minimum absolute atomic E-state index is 0.350. The van der Waals surface area contributed by atoms with Crippen molar-refractivity contribution < 1.29 is 27.4 Å². The average molecular weight is 462 g/mol. The number of rotatable bonds is 8. The maximum absolute atomic E-state index is 12.8. The fourth-order valence-electron chi connectivity index (χ4n) is 3.32. The summed E-state index contributed by atoms with van der Waals surface area (Å²) in [6.07, 6.45) is 1.60. The van der Waals surface area contributed by atoms with E-state index in [0.29, 0.717) is 48.3 Å². The third kappa shape index (κ3) is 5.31. The molecule has 3 rings (SSSR count). The van der Waals surface area contributed by atoms with E-state index in [1.807, 2.05) is 19.1 Å². The number of hydrazone groups is 1. The van der Waals surface area contributed by atoms with Crippen LogP contribution >= 0.6 is 0 Å². The van der Waals surface area contributed by atoms with E-state index in [2.05, 4.69) is 10.5 Å². The maximum atomic E-state index is 12.8. The van der Waals surface area contributed by atoms with Crippen molar-refractivity contribution >= 4 is 27.3 Å². The number of fused-ring (bicyclic) bond motifs is 1. The average Bonchev–Trinajstić information content (AvgIpc) is 2.78. The molecular formula is C22H27N3O6S. The molecule has 1 heterocycles. The van der Waals surface area contributed by atoms with Crippen molar-refractivity contribution in [2.75, 3.05) is 30.9 Å². The zero-order chi connectivity index (χ0) is 23.3. The Morgan fingerprint density at radius 2 is 1.81 bits per heavy atom. The highest BCUT2D eigenvalue weighted by Crippen LogP contribution is 2.31. The molecule has 1 amide bonds. The van der Waals surface area contributed by atoms with Gasteiger partial charge < -0.3 is 14.2 Å². The van der Waals surface area contributed by atoms with Crippen molar-refractivity contribution in [3.05, 3.63) is 48.0 Å². The first-order valence-electron chi connectivity index (χ1n) is 10.1. The van der Waals surface area contributed by atoms with E-state index in [1.165, 1.54) is 14.0 Å². The van der Waals surface area contributed by atoms with E-state index in [-0.39, 0.29) is 0 Å². The van der Waals surface area contributed by atoms with E-state index in [9.17, 15) is 13.2 Å². The van der Waals surface area contributed by atoms with Crippen LogP contribution in [-0.4, -0.2) is 52.7 Å². The van der Waals surface area contributed by atoms with E-state index in [1.54, 1.807) is 30.3 Å². The lowest BCUT2D eigenvalue weighted by molar-refractivity contribution is -0.121. The minimum atomic E-state index is -3.74. The summed E-state index contributed by atoms with van der Waals surface area (Å²) in [6.45, 7) is 4.38. The second-order valence-electron chi connectivity index (χ2n) is 7.18. The molecule has 0 spiro atoms. The summed E-state index contributed by atoms with van der Waals surface area (Å²) in [5.41, 5.74) is 4.25. The van der Waals surface area contributed by atoms with Crippen LogP contribution in [0.25, 0.3) is 0 Å². The molecule has 172 valence electrons. The van der Waals surface area contributed by atoms with Crippen molar-refractivity contribution in [3.63, 3.8) is 0 Å². The standard InChI is InChI=1S/C22H27N3O6S/c1-5-19(16-6-11-20-21(14-16)31-13-12-30-20)23-24-22(26)15(2)25(32(4,27)28)17-7-9-18(29-3)10-8-17/h6-11,14-15H,5,12-13H2,1-4H3,(H,24,26)/b23-19+. The quantitative estimate of drug-likeness (QED) is 0.478. The van der Waals surface area contributed by atoms with Crippen LogP contribution in [0.3, 0.4) is 0 Å². The van der Waals surface area contributed by atoms with Gasteiger partial charge in [-0.1, -0.05) is 6.92 Å². The Hall–Kier alpha value is -3.27. The van der Waals surface area contributed by atoms with Gasteiger partial charge in [-0.2, -0.15) is 5.10 Å².